The summed E-state index contributed by atoms with van der Waals surface area (Å²) < 4.78 is 11.4. The molecule has 8 heteroatoms. The molecule has 0 atom stereocenters. The van der Waals surface area contributed by atoms with Gasteiger partial charge in [-0.25, -0.2) is 4.98 Å². The number of benzene rings is 1. The molecular formula is C20H26N6O2. The minimum absolute atomic E-state index is 0.121. The Morgan fingerprint density at radius 1 is 1.07 bits per heavy atom. The van der Waals surface area contributed by atoms with Crippen molar-refractivity contribution in [1.29, 1.82) is 0 Å². The van der Waals surface area contributed by atoms with E-state index in [1.807, 2.05) is 46.0 Å². The molecule has 0 amide bonds. The SMILES string of the molecule is CCOc1ccc(OCC)c(N(C)Cc2cnc3nc(N)nc(N)c3c2C)c1. The molecule has 8 nitrogen and oxygen atoms in total. The lowest BCUT2D eigenvalue weighted by Gasteiger charge is -2.24. The molecule has 0 fully saturated rings. The fraction of sp³-hybridized carbons (Fsp3) is 0.350. The van der Waals surface area contributed by atoms with E-state index >= 15 is 0 Å². The Hall–Kier alpha value is -3.29. The van der Waals surface area contributed by atoms with Crippen molar-refractivity contribution in [3.8, 4) is 11.5 Å². The minimum atomic E-state index is 0.121. The lowest BCUT2D eigenvalue weighted by atomic mass is 10.1. The zero-order chi connectivity index (χ0) is 20.3. The molecule has 0 bridgehead atoms. The van der Waals surface area contributed by atoms with Crippen molar-refractivity contribution in [2.75, 3.05) is 36.6 Å². The first-order valence-electron chi connectivity index (χ1n) is 9.22. The van der Waals surface area contributed by atoms with Gasteiger partial charge in [0.1, 0.15) is 17.3 Å². The summed E-state index contributed by atoms with van der Waals surface area (Å²) in [5, 5.41) is 0.730. The van der Waals surface area contributed by atoms with E-state index < -0.39 is 0 Å². The topological polar surface area (TPSA) is 112 Å². The van der Waals surface area contributed by atoms with Crippen LogP contribution in [0.1, 0.15) is 25.0 Å². The van der Waals surface area contributed by atoms with E-state index in [2.05, 4.69) is 19.9 Å². The monoisotopic (exact) mass is 382 g/mol. The Labute approximate surface area is 164 Å². The third-order valence-corrected chi connectivity index (χ3v) is 4.49. The molecule has 0 aliphatic rings. The van der Waals surface area contributed by atoms with Crippen LogP contribution in [0.25, 0.3) is 11.0 Å². The Bertz CT molecular complexity index is 992. The summed E-state index contributed by atoms with van der Waals surface area (Å²) in [6.45, 7) is 7.71. The number of hydrogen-bond acceptors (Lipinski definition) is 8. The van der Waals surface area contributed by atoms with Crippen molar-refractivity contribution in [2.45, 2.75) is 27.3 Å². The van der Waals surface area contributed by atoms with Crippen LogP contribution in [0.15, 0.2) is 24.4 Å². The van der Waals surface area contributed by atoms with Crippen molar-refractivity contribution in [2.24, 2.45) is 0 Å². The number of aromatic nitrogens is 3. The largest absolute Gasteiger partial charge is 0.494 e. The van der Waals surface area contributed by atoms with Crippen LogP contribution >= 0.6 is 0 Å². The summed E-state index contributed by atoms with van der Waals surface area (Å²) in [4.78, 5) is 14.8. The second-order valence-electron chi connectivity index (χ2n) is 6.43. The zero-order valence-corrected chi connectivity index (χ0v) is 16.7. The molecule has 0 saturated carbocycles. The van der Waals surface area contributed by atoms with Crippen LogP contribution in [0, 0.1) is 6.92 Å². The number of nitrogens with two attached hydrogens (primary N) is 2. The first-order valence-corrected chi connectivity index (χ1v) is 9.22. The van der Waals surface area contributed by atoms with Crippen molar-refractivity contribution in [1.82, 2.24) is 15.0 Å². The fourth-order valence-corrected chi connectivity index (χ4v) is 3.16. The number of nitrogen functional groups attached to an aromatic ring is 2. The number of pyridine rings is 1. The van der Waals surface area contributed by atoms with Crippen molar-refractivity contribution in [3.63, 3.8) is 0 Å². The van der Waals surface area contributed by atoms with Gasteiger partial charge >= 0.3 is 0 Å². The van der Waals surface area contributed by atoms with Crippen LogP contribution in [-0.4, -0.2) is 35.2 Å². The number of hydrogen-bond donors (Lipinski definition) is 2. The van der Waals surface area contributed by atoms with Gasteiger partial charge in [-0.2, -0.15) is 9.97 Å². The molecule has 28 heavy (non-hydrogen) atoms. The number of rotatable bonds is 7. The highest BCUT2D eigenvalue weighted by molar-refractivity contribution is 5.90. The molecule has 1 aromatic carbocycles. The molecule has 3 rings (SSSR count). The van der Waals surface area contributed by atoms with Crippen LogP contribution in [0.3, 0.4) is 0 Å². The van der Waals surface area contributed by atoms with E-state index in [0.29, 0.717) is 31.2 Å². The minimum Gasteiger partial charge on any atom is -0.494 e. The van der Waals surface area contributed by atoms with Gasteiger partial charge in [-0.05, 0) is 44.0 Å². The highest BCUT2D eigenvalue weighted by atomic mass is 16.5. The molecule has 4 N–H and O–H groups in total. The number of nitrogens with zero attached hydrogens (tertiary/aromatic N) is 4. The number of anilines is 3. The van der Waals surface area contributed by atoms with Crippen LogP contribution in [0.5, 0.6) is 11.5 Å². The summed E-state index contributed by atoms with van der Waals surface area (Å²) in [5.74, 6) is 2.06. The van der Waals surface area contributed by atoms with Crippen LogP contribution in [-0.2, 0) is 6.54 Å². The molecule has 0 spiro atoms. The summed E-state index contributed by atoms with van der Waals surface area (Å²) in [7, 11) is 2.00. The van der Waals surface area contributed by atoms with E-state index in [0.717, 1.165) is 33.7 Å². The maximum absolute atomic E-state index is 6.06. The Kier molecular flexibility index (Phi) is 5.67. The maximum atomic E-state index is 6.06. The molecule has 2 heterocycles. The Balaban J connectivity index is 1.97. The Morgan fingerprint density at radius 3 is 2.54 bits per heavy atom. The Morgan fingerprint density at radius 2 is 1.82 bits per heavy atom. The van der Waals surface area contributed by atoms with Gasteiger partial charge in [-0.15, -0.1) is 0 Å². The molecule has 0 aliphatic heterocycles. The molecule has 0 saturated heterocycles. The summed E-state index contributed by atoms with van der Waals surface area (Å²) in [6.07, 6.45) is 1.80. The number of ether oxygens (including phenoxy) is 2. The lowest BCUT2D eigenvalue weighted by Crippen LogP contribution is -2.19. The third kappa shape index (κ3) is 3.85. The van der Waals surface area contributed by atoms with Gasteiger partial charge in [0.25, 0.3) is 0 Å². The lowest BCUT2D eigenvalue weighted by molar-refractivity contribution is 0.331. The number of aryl methyl sites for hydroxylation is 1. The normalized spacial score (nSPS) is 10.9. The molecule has 3 aromatic rings. The second kappa shape index (κ2) is 8.16. The van der Waals surface area contributed by atoms with Gasteiger partial charge in [0.15, 0.2) is 5.65 Å². The van der Waals surface area contributed by atoms with Crippen LogP contribution < -0.4 is 25.8 Å². The maximum Gasteiger partial charge on any atom is 0.224 e. The molecule has 2 aromatic heterocycles. The van der Waals surface area contributed by atoms with Crippen molar-refractivity contribution >= 4 is 28.5 Å². The quantitative estimate of drug-likeness (QED) is 0.641. The summed E-state index contributed by atoms with van der Waals surface area (Å²) >= 11 is 0. The fourth-order valence-electron chi connectivity index (χ4n) is 3.16. The van der Waals surface area contributed by atoms with Gasteiger partial charge < -0.3 is 25.8 Å². The molecule has 148 valence electrons. The van der Waals surface area contributed by atoms with Gasteiger partial charge in [-0.3, -0.25) is 0 Å². The highest BCUT2D eigenvalue weighted by Gasteiger charge is 2.15. The average Bonchev–Trinajstić information content (AvgIpc) is 2.65. The second-order valence-corrected chi connectivity index (χ2v) is 6.43. The smallest absolute Gasteiger partial charge is 0.224 e. The first kappa shape index (κ1) is 19.5. The standard InChI is InChI=1S/C20H26N6O2/c1-5-27-14-7-8-16(28-6-2)15(9-14)26(4)11-13-10-23-19-17(12(13)3)18(21)24-20(22)25-19/h7-10H,5-6,11H2,1-4H3,(H4,21,22,23,24,25). The predicted octanol–water partition coefficient (Wildman–Crippen LogP) is 2.93. The predicted molar refractivity (Wildman–Crippen MR) is 112 cm³/mol. The van der Waals surface area contributed by atoms with Crippen molar-refractivity contribution in [3.05, 3.63) is 35.5 Å². The van der Waals surface area contributed by atoms with E-state index in [1.54, 1.807) is 6.20 Å². The van der Waals surface area contributed by atoms with Crippen molar-refractivity contribution < 1.29 is 9.47 Å². The van der Waals surface area contributed by atoms with Crippen LogP contribution in [0.2, 0.25) is 0 Å². The van der Waals surface area contributed by atoms with Gasteiger partial charge in [0.05, 0.1) is 24.3 Å². The van der Waals surface area contributed by atoms with E-state index in [1.165, 1.54) is 0 Å². The molecule has 0 unspecified atom stereocenters. The summed E-state index contributed by atoms with van der Waals surface area (Å²) in [5.41, 5.74) is 15.2. The van der Waals surface area contributed by atoms with E-state index in [9.17, 15) is 0 Å². The molecule has 0 aliphatic carbocycles. The van der Waals surface area contributed by atoms with Gasteiger partial charge in [0, 0.05) is 25.9 Å². The summed E-state index contributed by atoms with van der Waals surface area (Å²) in [6, 6.07) is 5.83. The van der Waals surface area contributed by atoms with Crippen LogP contribution in [0.4, 0.5) is 17.5 Å². The van der Waals surface area contributed by atoms with E-state index in [-0.39, 0.29) is 5.95 Å². The zero-order valence-electron chi connectivity index (χ0n) is 16.7. The first-order chi connectivity index (χ1) is 13.4. The molecular weight excluding hydrogens is 356 g/mol. The molecule has 0 radical (unpaired) electrons. The van der Waals surface area contributed by atoms with E-state index in [4.69, 9.17) is 20.9 Å². The van der Waals surface area contributed by atoms with Gasteiger partial charge in [-0.1, -0.05) is 0 Å². The average molecular weight is 382 g/mol. The highest BCUT2D eigenvalue weighted by Crippen LogP contribution is 2.34. The number of fused-ring (bicyclic) bond motifs is 1. The van der Waals surface area contributed by atoms with Gasteiger partial charge in [0.2, 0.25) is 5.95 Å². The third-order valence-electron chi connectivity index (χ3n) is 4.49.